The van der Waals surface area contributed by atoms with Crippen LogP contribution in [0.3, 0.4) is 0 Å². The van der Waals surface area contributed by atoms with E-state index in [2.05, 4.69) is 18.1 Å². The summed E-state index contributed by atoms with van der Waals surface area (Å²) in [7, 11) is 1.70. The molecule has 10 heteroatoms. The number of fused-ring (bicyclic) bond motifs is 1. The summed E-state index contributed by atoms with van der Waals surface area (Å²) in [4.78, 5) is 49.0. The lowest BCUT2D eigenvalue weighted by Gasteiger charge is -2.39. The van der Waals surface area contributed by atoms with E-state index in [4.69, 9.17) is 9.47 Å². The lowest BCUT2D eigenvalue weighted by atomic mass is 9.70. The molecule has 4 rings (SSSR count). The van der Waals surface area contributed by atoms with Crippen LogP contribution in [0.5, 0.6) is 0 Å². The van der Waals surface area contributed by atoms with Gasteiger partial charge in [-0.3, -0.25) is 19.3 Å². The van der Waals surface area contributed by atoms with Crippen LogP contribution in [0.2, 0.25) is 0 Å². The Balaban J connectivity index is 1.66. The number of aliphatic hydroxyl groups is 1. The number of likely N-dealkylation sites (tertiary alicyclic amines) is 1. The maximum atomic E-state index is 14.3. The maximum absolute atomic E-state index is 14.3. The molecule has 10 nitrogen and oxygen atoms in total. The Morgan fingerprint density at radius 1 is 1.22 bits per heavy atom. The molecule has 4 aliphatic heterocycles. The van der Waals surface area contributed by atoms with Crippen molar-refractivity contribution < 1.29 is 29.0 Å². The van der Waals surface area contributed by atoms with Gasteiger partial charge in [0.15, 0.2) is 0 Å². The number of carbonyl (C=O) groups is 3. The minimum Gasteiger partial charge on any atom is -0.394 e. The predicted octanol–water partition coefficient (Wildman–Crippen LogP) is 0.123. The van der Waals surface area contributed by atoms with Gasteiger partial charge in [0.25, 0.3) is 0 Å². The third-order valence-corrected chi connectivity index (χ3v) is 8.56. The molecule has 0 aromatic carbocycles. The van der Waals surface area contributed by atoms with E-state index in [0.29, 0.717) is 58.7 Å². The van der Waals surface area contributed by atoms with E-state index >= 15 is 0 Å². The molecule has 2 bridgehead atoms. The number of likely N-dealkylation sites (N-methyl/N-ethyl adjacent to an activating group) is 1. The van der Waals surface area contributed by atoms with Crippen LogP contribution in [0.15, 0.2) is 25.3 Å². The number of aliphatic hydroxyl groups excluding tert-OH is 1. The highest BCUT2D eigenvalue weighted by Gasteiger charge is 2.75. The van der Waals surface area contributed by atoms with Crippen molar-refractivity contribution in [1.29, 1.82) is 0 Å². The molecule has 4 saturated heterocycles. The van der Waals surface area contributed by atoms with Gasteiger partial charge in [-0.1, -0.05) is 19.1 Å². The normalized spacial score (nSPS) is 31.8. The fourth-order valence-corrected chi connectivity index (χ4v) is 6.70. The fourth-order valence-electron chi connectivity index (χ4n) is 6.70. The zero-order chi connectivity index (χ0) is 26.7. The van der Waals surface area contributed by atoms with Crippen molar-refractivity contribution in [3.8, 4) is 0 Å². The Bertz CT molecular complexity index is 888. The topological polar surface area (TPSA) is 103 Å². The van der Waals surface area contributed by atoms with Gasteiger partial charge in [0.05, 0.1) is 43.8 Å². The second-order valence-corrected chi connectivity index (χ2v) is 10.6. The Morgan fingerprint density at radius 3 is 2.54 bits per heavy atom. The van der Waals surface area contributed by atoms with Crippen LogP contribution >= 0.6 is 0 Å². The van der Waals surface area contributed by atoms with Crippen LogP contribution in [0.25, 0.3) is 0 Å². The second kappa shape index (κ2) is 11.6. The van der Waals surface area contributed by atoms with E-state index in [1.807, 2.05) is 6.92 Å². The lowest BCUT2D eigenvalue weighted by Crippen LogP contribution is -2.59. The molecule has 0 aliphatic carbocycles. The van der Waals surface area contributed by atoms with E-state index in [0.717, 1.165) is 13.1 Å². The number of hydrogen-bond acceptors (Lipinski definition) is 7. The van der Waals surface area contributed by atoms with Gasteiger partial charge in [-0.2, -0.15) is 0 Å². The van der Waals surface area contributed by atoms with Crippen molar-refractivity contribution in [2.75, 3.05) is 66.1 Å². The summed E-state index contributed by atoms with van der Waals surface area (Å²) < 4.78 is 12.0. The van der Waals surface area contributed by atoms with Crippen molar-refractivity contribution in [3.05, 3.63) is 25.3 Å². The summed E-state index contributed by atoms with van der Waals surface area (Å²) in [6.45, 7) is 14.0. The third-order valence-electron chi connectivity index (χ3n) is 8.56. The van der Waals surface area contributed by atoms with E-state index in [-0.39, 0.29) is 24.3 Å². The smallest absolute Gasteiger partial charge is 0.248 e. The van der Waals surface area contributed by atoms with Crippen molar-refractivity contribution in [3.63, 3.8) is 0 Å². The molecule has 37 heavy (non-hydrogen) atoms. The highest BCUT2D eigenvalue weighted by molar-refractivity contribution is 5.99. The molecule has 0 aromatic heterocycles. The van der Waals surface area contributed by atoms with Crippen molar-refractivity contribution in [2.45, 2.75) is 50.0 Å². The van der Waals surface area contributed by atoms with Gasteiger partial charge < -0.3 is 29.3 Å². The molecule has 3 amide bonds. The second-order valence-electron chi connectivity index (χ2n) is 10.6. The van der Waals surface area contributed by atoms with Crippen LogP contribution in [-0.2, 0) is 23.9 Å². The lowest BCUT2D eigenvalue weighted by molar-refractivity contribution is -0.151. The molecule has 0 aromatic rings. The Morgan fingerprint density at radius 2 is 1.92 bits per heavy atom. The third kappa shape index (κ3) is 4.84. The molecule has 206 valence electrons. The zero-order valence-electron chi connectivity index (χ0n) is 22.2. The summed E-state index contributed by atoms with van der Waals surface area (Å²) in [5.74, 6) is -2.03. The van der Waals surface area contributed by atoms with Gasteiger partial charge in [-0.05, 0) is 19.3 Å². The highest BCUT2D eigenvalue weighted by Crippen LogP contribution is 2.59. The molecule has 1 N–H and O–H groups in total. The van der Waals surface area contributed by atoms with Gasteiger partial charge in [0, 0.05) is 46.3 Å². The number of amides is 3. The molecular formula is C27H42N4O6. The predicted molar refractivity (Wildman–Crippen MR) is 137 cm³/mol. The number of ether oxygens (including phenoxy) is 2. The van der Waals surface area contributed by atoms with E-state index in [1.54, 1.807) is 33.9 Å². The molecule has 0 saturated carbocycles. The molecular weight excluding hydrogens is 476 g/mol. The first-order valence-electron chi connectivity index (χ1n) is 13.5. The van der Waals surface area contributed by atoms with Crippen LogP contribution in [0.1, 0.15) is 26.2 Å². The van der Waals surface area contributed by atoms with Gasteiger partial charge in [-0.25, -0.2) is 0 Å². The minimum atomic E-state index is -1.07. The standard InChI is InChI=1S/C27H42N4O6/c1-5-10-28(4)24(33)21-20-8-9-27(37-20)22(21)25(34)31(19(7-3)18-32)23(27)26(35)30(11-6-2)13-12-29-14-16-36-17-15-29/h5-6,19-23,32H,1-2,7-18H2,3-4H3/t19-,20-,21+,22-,23?,27?/m0/s1. The number of nitrogens with zero attached hydrogens (tertiary/aromatic N) is 4. The molecule has 1 spiro atoms. The van der Waals surface area contributed by atoms with Gasteiger partial charge in [0.2, 0.25) is 17.7 Å². The average molecular weight is 519 g/mol. The van der Waals surface area contributed by atoms with Crippen molar-refractivity contribution >= 4 is 17.7 Å². The molecule has 4 fully saturated rings. The Labute approximate surface area is 219 Å². The number of morpholine rings is 1. The first-order chi connectivity index (χ1) is 17.8. The van der Waals surface area contributed by atoms with Crippen LogP contribution < -0.4 is 0 Å². The summed E-state index contributed by atoms with van der Waals surface area (Å²) in [6, 6.07) is -1.42. The van der Waals surface area contributed by atoms with Crippen molar-refractivity contribution in [2.24, 2.45) is 11.8 Å². The molecule has 4 heterocycles. The van der Waals surface area contributed by atoms with E-state index in [9.17, 15) is 19.5 Å². The first kappa shape index (κ1) is 27.8. The van der Waals surface area contributed by atoms with Crippen LogP contribution in [0, 0.1) is 11.8 Å². The number of carbonyl (C=O) groups excluding carboxylic acids is 3. The summed E-state index contributed by atoms with van der Waals surface area (Å²) in [6.07, 6.45) is 4.58. The fraction of sp³-hybridized carbons (Fsp3) is 0.741. The first-order valence-corrected chi connectivity index (χ1v) is 13.5. The van der Waals surface area contributed by atoms with Crippen LogP contribution in [-0.4, -0.2) is 132 Å². The Hall–Kier alpha value is -2.27. The summed E-state index contributed by atoms with van der Waals surface area (Å²) >= 11 is 0. The van der Waals surface area contributed by atoms with E-state index in [1.165, 1.54) is 0 Å². The monoisotopic (exact) mass is 518 g/mol. The number of rotatable bonds is 12. The quantitative estimate of drug-likeness (QED) is 0.366. The molecule has 4 aliphatic rings. The molecule has 2 unspecified atom stereocenters. The van der Waals surface area contributed by atoms with E-state index < -0.39 is 35.6 Å². The zero-order valence-corrected chi connectivity index (χ0v) is 22.2. The van der Waals surface area contributed by atoms with Crippen LogP contribution in [0.4, 0.5) is 0 Å². The van der Waals surface area contributed by atoms with Crippen molar-refractivity contribution in [1.82, 2.24) is 19.6 Å². The summed E-state index contributed by atoms with van der Waals surface area (Å²) in [5, 5.41) is 10.2. The molecule has 6 atom stereocenters. The maximum Gasteiger partial charge on any atom is 0.248 e. The largest absolute Gasteiger partial charge is 0.394 e. The Kier molecular flexibility index (Phi) is 8.73. The van der Waals surface area contributed by atoms with Gasteiger partial charge >= 0.3 is 0 Å². The van der Waals surface area contributed by atoms with Gasteiger partial charge in [0.1, 0.15) is 11.6 Å². The SMILES string of the molecule is C=CCN(C)C(=O)[C@@H]1[C@@H]2CCC3(O2)C(C(=O)N(CC=C)CCN2CCOCC2)N([C@@H](CC)CO)C(=O)[C@H]13. The average Bonchev–Trinajstić information content (AvgIpc) is 3.55. The number of hydrogen-bond donors (Lipinski definition) is 1. The minimum absolute atomic E-state index is 0.162. The highest BCUT2D eigenvalue weighted by atomic mass is 16.5. The molecule has 0 radical (unpaired) electrons. The summed E-state index contributed by atoms with van der Waals surface area (Å²) in [5.41, 5.74) is -1.07. The van der Waals surface area contributed by atoms with Gasteiger partial charge in [-0.15, -0.1) is 13.2 Å².